The Balaban J connectivity index is 2.88. The van der Waals surface area contributed by atoms with Crippen molar-refractivity contribution in [1.29, 1.82) is 0 Å². The third kappa shape index (κ3) is 1.42. The van der Waals surface area contributed by atoms with E-state index in [1.54, 1.807) is 13.0 Å². The number of fused-ring (bicyclic) bond motifs is 1. The zero-order chi connectivity index (χ0) is 11.0. The van der Waals surface area contributed by atoms with E-state index in [2.05, 4.69) is 0 Å². The van der Waals surface area contributed by atoms with Gasteiger partial charge >= 0.3 is 5.97 Å². The monoisotopic (exact) mass is 201 g/mol. The van der Waals surface area contributed by atoms with E-state index in [4.69, 9.17) is 5.11 Å². The fourth-order valence-corrected chi connectivity index (χ4v) is 1.67. The van der Waals surface area contributed by atoms with Crippen molar-refractivity contribution in [2.75, 3.05) is 0 Å². The number of carboxylic acids is 1. The topological polar surface area (TPSA) is 60.4 Å². The molecule has 0 aromatic heterocycles. The first-order valence-corrected chi connectivity index (χ1v) is 4.54. The van der Waals surface area contributed by atoms with Gasteiger partial charge in [0.25, 0.3) is 0 Å². The molecule has 2 rings (SSSR count). The van der Waals surface area contributed by atoms with Crippen LogP contribution >= 0.6 is 0 Å². The van der Waals surface area contributed by atoms with Crippen molar-refractivity contribution in [3.8, 4) is 5.75 Å². The van der Waals surface area contributed by atoms with Gasteiger partial charge in [-0.25, -0.2) is 4.79 Å². The highest BCUT2D eigenvalue weighted by molar-refractivity contribution is 5.99. The largest absolute Gasteiger partial charge is 0.872 e. The molecule has 0 saturated carbocycles. The summed E-state index contributed by atoms with van der Waals surface area (Å²) in [5, 5.41) is 22.1. The van der Waals surface area contributed by atoms with Gasteiger partial charge in [0.05, 0.1) is 5.56 Å². The molecule has 2 aromatic carbocycles. The molecule has 0 radical (unpaired) electrons. The van der Waals surface area contributed by atoms with Gasteiger partial charge in [-0.15, -0.1) is 0 Å². The smallest absolute Gasteiger partial charge is 0.335 e. The Labute approximate surface area is 86.6 Å². The number of aryl methyl sites for hydroxylation is 1. The molecule has 0 aliphatic carbocycles. The van der Waals surface area contributed by atoms with E-state index >= 15 is 0 Å². The second kappa shape index (κ2) is 3.28. The van der Waals surface area contributed by atoms with Crippen LogP contribution in [0.1, 0.15) is 15.9 Å². The van der Waals surface area contributed by atoms with E-state index in [0.717, 1.165) is 10.8 Å². The molecule has 76 valence electrons. The number of rotatable bonds is 1. The number of aromatic carboxylic acids is 1. The molecule has 0 aliphatic rings. The van der Waals surface area contributed by atoms with Gasteiger partial charge in [-0.3, -0.25) is 0 Å². The summed E-state index contributed by atoms with van der Waals surface area (Å²) in [7, 11) is 0. The Morgan fingerprint density at radius 3 is 2.67 bits per heavy atom. The average Bonchev–Trinajstić information content (AvgIpc) is 2.23. The SMILES string of the molecule is Cc1c([O-])c(C(=O)O)cc2ccccc12. The third-order valence-electron chi connectivity index (χ3n) is 2.48. The number of carboxylic acid groups (broad SMARTS) is 1. The Morgan fingerprint density at radius 2 is 2.00 bits per heavy atom. The third-order valence-corrected chi connectivity index (χ3v) is 2.48. The van der Waals surface area contributed by atoms with Gasteiger partial charge in [0, 0.05) is 0 Å². The summed E-state index contributed by atoms with van der Waals surface area (Å²) in [6.07, 6.45) is 0. The molecule has 0 spiro atoms. The van der Waals surface area contributed by atoms with Crippen molar-refractivity contribution in [1.82, 2.24) is 0 Å². The minimum Gasteiger partial charge on any atom is -0.872 e. The van der Waals surface area contributed by atoms with E-state index in [1.165, 1.54) is 6.07 Å². The molecule has 3 heteroatoms. The van der Waals surface area contributed by atoms with Gasteiger partial charge in [-0.1, -0.05) is 35.6 Å². The van der Waals surface area contributed by atoms with Crippen LogP contribution in [0.3, 0.4) is 0 Å². The van der Waals surface area contributed by atoms with Crippen LogP contribution in [0.15, 0.2) is 30.3 Å². The molecule has 0 unspecified atom stereocenters. The summed E-state index contributed by atoms with van der Waals surface area (Å²) in [4.78, 5) is 10.8. The minimum absolute atomic E-state index is 0.161. The molecule has 0 aliphatic heterocycles. The molecule has 0 fully saturated rings. The van der Waals surface area contributed by atoms with Crippen LogP contribution in [-0.4, -0.2) is 11.1 Å². The fourth-order valence-electron chi connectivity index (χ4n) is 1.67. The molecule has 1 N–H and O–H groups in total. The molecule has 3 nitrogen and oxygen atoms in total. The lowest BCUT2D eigenvalue weighted by Gasteiger charge is -2.16. The van der Waals surface area contributed by atoms with Gasteiger partial charge < -0.3 is 10.2 Å². The highest BCUT2D eigenvalue weighted by Gasteiger charge is 2.08. The summed E-state index contributed by atoms with van der Waals surface area (Å²) in [5.74, 6) is -1.57. The van der Waals surface area contributed by atoms with Crippen molar-refractivity contribution < 1.29 is 15.0 Å². The zero-order valence-electron chi connectivity index (χ0n) is 8.15. The molecule has 0 atom stereocenters. The maximum absolute atomic E-state index is 11.6. The first-order valence-electron chi connectivity index (χ1n) is 4.54. The number of hydrogen-bond acceptors (Lipinski definition) is 2. The van der Waals surface area contributed by atoms with Gasteiger partial charge in [-0.05, 0) is 23.8 Å². The maximum atomic E-state index is 11.6. The maximum Gasteiger partial charge on any atom is 0.335 e. The first kappa shape index (κ1) is 9.52. The van der Waals surface area contributed by atoms with Crippen LogP contribution in [0.5, 0.6) is 5.75 Å². The molecular weight excluding hydrogens is 192 g/mol. The lowest BCUT2D eigenvalue weighted by atomic mass is 10.0. The van der Waals surface area contributed by atoms with Crippen molar-refractivity contribution in [2.24, 2.45) is 0 Å². The molecule has 2 aromatic rings. The van der Waals surface area contributed by atoms with Crippen LogP contribution in [0.25, 0.3) is 10.8 Å². The van der Waals surface area contributed by atoms with E-state index in [9.17, 15) is 9.90 Å². The van der Waals surface area contributed by atoms with Crippen LogP contribution in [0.4, 0.5) is 0 Å². The second-order valence-electron chi connectivity index (χ2n) is 3.40. The van der Waals surface area contributed by atoms with E-state index in [0.29, 0.717) is 5.56 Å². The molecule has 15 heavy (non-hydrogen) atoms. The zero-order valence-corrected chi connectivity index (χ0v) is 8.15. The van der Waals surface area contributed by atoms with E-state index < -0.39 is 11.7 Å². The number of benzene rings is 2. The lowest BCUT2D eigenvalue weighted by Crippen LogP contribution is -2.06. The van der Waals surface area contributed by atoms with Gasteiger partial charge in [0.2, 0.25) is 0 Å². The number of carbonyl (C=O) groups is 1. The van der Waals surface area contributed by atoms with Gasteiger partial charge in [0.15, 0.2) is 0 Å². The Kier molecular flexibility index (Phi) is 2.08. The average molecular weight is 201 g/mol. The highest BCUT2D eigenvalue weighted by Crippen LogP contribution is 2.28. The van der Waals surface area contributed by atoms with Crippen LogP contribution in [0.2, 0.25) is 0 Å². The summed E-state index contributed by atoms with van der Waals surface area (Å²) in [6, 6.07) is 8.69. The van der Waals surface area contributed by atoms with Gasteiger partial charge in [0.1, 0.15) is 0 Å². The lowest BCUT2D eigenvalue weighted by molar-refractivity contribution is -0.269. The summed E-state index contributed by atoms with van der Waals surface area (Å²) < 4.78 is 0. The first-order chi connectivity index (χ1) is 7.11. The predicted octanol–water partition coefficient (Wildman–Crippen LogP) is 1.92. The molecule has 0 bridgehead atoms. The molecule has 0 heterocycles. The standard InChI is InChI=1S/C12H10O3/c1-7-9-5-3-2-4-8(9)6-10(11(7)13)12(14)15/h2-6,13H,1H3,(H,14,15)/p-1. The van der Waals surface area contributed by atoms with Crippen LogP contribution < -0.4 is 5.11 Å². The van der Waals surface area contributed by atoms with Crippen LogP contribution in [0, 0.1) is 6.92 Å². The van der Waals surface area contributed by atoms with Crippen molar-refractivity contribution in [3.05, 3.63) is 41.5 Å². The van der Waals surface area contributed by atoms with Crippen molar-refractivity contribution in [2.45, 2.75) is 6.92 Å². The summed E-state index contributed by atoms with van der Waals surface area (Å²) in [5.41, 5.74) is 0.330. The minimum atomic E-state index is -1.17. The molecule has 0 saturated heterocycles. The highest BCUT2D eigenvalue weighted by atomic mass is 16.4. The van der Waals surface area contributed by atoms with Crippen molar-refractivity contribution in [3.63, 3.8) is 0 Å². The summed E-state index contributed by atoms with van der Waals surface area (Å²) in [6.45, 7) is 1.65. The van der Waals surface area contributed by atoms with E-state index in [1.807, 2.05) is 18.2 Å². The second-order valence-corrected chi connectivity index (χ2v) is 3.40. The normalized spacial score (nSPS) is 10.5. The van der Waals surface area contributed by atoms with E-state index in [-0.39, 0.29) is 5.56 Å². The van der Waals surface area contributed by atoms with Crippen molar-refractivity contribution >= 4 is 16.7 Å². The fraction of sp³-hybridized carbons (Fsp3) is 0.0833. The number of hydrogen-bond donors (Lipinski definition) is 1. The summed E-state index contributed by atoms with van der Waals surface area (Å²) >= 11 is 0. The molecular formula is C12H9O3-. The quantitative estimate of drug-likeness (QED) is 0.766. The molecule has 0 amide bonds. The van der Waals surface area contributed by atoms with Crippen LogP contribution in [-0.2, 0) is 0 Å². The Bertz CT molecular complexity index is 544. The predicted molar refractivity (Wildman–Crippen MR) is 55.1 cm³/mol. The van der Waals surface area contributed by atoms with Gasteiger partial charge in [-0.2, -0.15) is 0 Å². The Hall–Kier alpha value is -2.03. The Morgan fingerprint density at radius 1 is 1.33 bits per heavy atom.